The number of furan rings is 1. The van der Waals surface area contributed by atoms with Crippen molar-refractivity contribution in [1.82, 2.24) is 4.57 Å². The van der Waals surface area contributed by atoms with Crippen LogP contribution >= 0.6 is 27.3 Å². The summed E-state index contributed by atoms with van der Waals surface area (Å²) in [5, 5.41) is 0. The molecule has 0 saturated carbocycles. The summed E-state index contributed by atoms with van der Waals surface area (Å²) in [6.45, 7) is 5.83. The van der Waals surface area contributed by atoms with Crippen LogP contribution < -0.4 is 24.4 Å². The van der Waals surface area contributed by atoms with Crippen LogP contribution in [-0.4, -0.2) is 23.9 Å². The summed E-state index contributed by atoms with van der Waals surface area (Å²) in [6.07, 6.45) is 1.70. The third-order valence-corrected chi connectivity index (χ3v) is 8.16. The second-order valence-corrected chi connectivity index (χ2v) is 11.0. The van der Waals surface area contributed by atoms with E-state index >= 15 is 0 Å². The molecule has 0 spiro atoms. The second-order valence-electron chi connectivity index (χ2n) is 9.10. The fourth-order valence-corrected chi connectivity index (χ4v) is 6.43. The Hall–Kier alpha value is -3.89. The van der Waals surface area contributed by atoms with E-state index in [1.54, 1.807) is 32.1 Å². The molecule has 0 N–H and O–H groups in total. The third kappa shape index (κ3) is 4.53. The second kappa shape index (κ2) is 10.0. The molecule has 10 heteroatoms. The van der Waals surface area contributed by atoms with Crippen LogP contribution in [0.25, 0.3) is 17.4 Å². The number of ether oxygens (including phenoxy) is 3. The SMILES string of the molecule is CCOC(=O)C1=C(C)N=c2s/c(=C/c3ccc(-c4ccc(C)cc4Br)o3)c(=O)n2[C@H]1c1ccc2c(c1)OCO2. The molecule has 39 heavy (non-hydrogen) atoms. The molecule has 6 rings (SSSR count). The molecular weight excluding hydrogens is 584 g/mol. The Balaban J connectivity index is 1.48. The predicted molar refractivity (Wildman–Crippen MR) is 150 cm³/mol. The van der Waals surface area contributed by atoms with Gasteiger partial charge >= 0.3 is 5.97 Å². The van der Waals surface area contributed by atoms with Crippen molar-refractivity contribution in [3.8, 4) is 22.8 Å². The molecule has 0 saturated heterocycles. The van der Waals surface area contributed by atoms with Crippen LogP contribution in [0.4, 0.5) is 0 Å². The predicted octanol–water partition coefficient (Wildman–Crippen LogP) is 4.86. The van der Waals surface area contributed by atoms with E-state index < -0.39 is 12.0 Å². The summed E-state index contributed by atoms with van der Waals surface area (Å²) in [6, 6.07) is 14.4. The van der Waals surface area contributed by atoms with Crippen molar-refractivity contribution in [3.05, 3.63) is 101 Å². The number of rotatable bonds is 5. The number of aryl methyl sites for hydroxylation is 1. The highest BCUT2D eigenvalue weighted by atomic mass is 79.9. The molecule has 2 aromatic heterocycles. The van der Waals surface area contributed by atoms with Gasteiger partial charge in [0.25, 0.3) is 5.56 Å². The summed E-state index contributed by atoms with van der Waals surface area (Å²) in [7, 11) is 0. The van der Waals surface area contributed by atoms with Gasteiger partial charge in [-0.25, -0.2) is 9.79 Å². The molecule has 2 aromatic carbocycles. The van der Waals surface area contributed by atoms with E-state index in [9.17, 15) is 9.59 Å². The van der Waals surface area contributed by atoms with Crippen molar-refractivity contribution < 1.29 is 23.4 Å². The molecule has 0 fully saturated rings. The van der Waals surface area contributed by atoms with Gasteiger partial charge in [0.15, 0.2) is 16.3 Å². The smallest absolute Gasteiger partial charge is 0.338 e. The van der Waals surface area contributed by atoms with E-state index in [1.807, 2.05) is 43.3 Å². The summed E-state index contributed by atoms with van der Waals surface area (Å²) >= 11 is 4.84. The highest BCUT2D eigenvalue weighted by Gasteiger charge is 2.34. The summed E-state index contributed by atoms with van der Waals surface area (Å²) in [5.74, 6) is 1.86. The van der Waals surface area contributed by atoms with Gasteiger partial charge < -0.3 is 18.6 Å². The van der Waals surface area contributed by atoms with Crippen LogP contribution in [0.15, 0.2) is 78.5 Å². The van der Waals surface area contributed by atoms with Crippen molar-refractivity contribution in [3.63, 3.8) is 0 Å². The van der Waals surface area contributed by atoms with Crippen molar-refractivity contribution >= 4 is 39.3 Å². The van der Waals surface area contributed by atoms with Gasteiger partial charge in [-0.2, -0.15) is 0 Å². The number of benzene rings is 2. The molecular formula is C29H23BrN2O6S. The van der Waals surface area contributed by atoms with Crippen molar-refractivity contribution in [2.75, 3.05) is 13.4 Å². The highest BCUT2D eigenvalue weighted by molar-refractivity contribution is 9.10. The van der Waals surface area contributed by atoms with E-state index in [1.165, 1.54) is 15.9 Å². The molecule has 0 radical (unpaired) electrons. The number of aromatic nitrogens is 1. The lowest BCUT2D eigenvalue weighted by molar-refractivity contribution is -0.139. The van der Waals surface area contributed by atoms with Crippen molar-refractivity contribution in [1.29, 1.82) is 0 Å². The molecule has 0 aliphatic carbocycles. The van der Waals surface area contributed by atoms with Crippen LogP contribution in [-0.2, 0) is 9.53 Å². The fourth-order valence-electron chi connectivity index (χ4n) is 4.71. The minimum absolute atomic E-state index is 0.117. The first-order chi connectivity index (χ1) is 18.8. The van der Waals surface area contributed by atoms with E-state index in [0.717, 1.165) is 15.6 Å². The number of carbonyl (C=O) groups is 1. The largest absolute Gasteiger partial charge is 0.463 e. The Morgan fingerprint density at radius 2 is 1.97 bits per heavy atom. The number of hydrogen-bond donors (Lipinski definition) is 0. The number of carbonyl (C=O) groups excluding carboxylic acids is 1. The van der Waals surface area contributed by atoms with Gasteiger partial charge in [0.05, 0.1) is 28.5 Å². The van der Waals surface area contributed by atoms with E-state index in [4.69, 9.17) is 18.6 Å². The number of esters is 1. The van der Waals surface area contributed by atoms with Gasteiger partial charge in [-0.05, 0) is 68.3 Å². The highest BCUT2D eigenvalue weighted by Crippen LogP contribution is 2.38. The normalized spacial score (nSPS) is 16.3. The van der Waals surface area contributed by atoms with Gasteiger partial charge in [0, 0.05) is 16.1 Å². The molecule has 4 aromatic rings. The Kier molecular flexibility index (Phi) is 6.52. The Morgan fingerprint density at radius 3 is 2.77 bits per heavy atom. The maximum absolute atomic E-state index is 13.8. The van der Waals surface area contributed by atoms with E-state index in [0.29, 0.717) is 49.2 Å². The molecule has 4 heterocycles. The average Bonchev–Trinajstić information content (AvgIpc) is 3.63. The van der Waals surface area contributed by atoms with Crippen LogP contribution in [0.2, 0.25) is 0 Å². The van der Waals surface area contributed by atoms with Gasteiger partial charge in [-0.1, -0.05) is 39.4 Å². The Morgan fingerprint density at radius 1 is 1.15 bits per heavy atom. The number of allylic oxidation sites excluding steroid dienone is 1. The number of halogens is 1. The van der Waals surface area contributed by atoms with Crippen LogP contribution in [0.5, 0.6) is 11.5 Å². The van der Waals surface area contributed by atoms with Crippen molar-refractivity contribution in [2.24, 2.45) is 4.99 Å². The molecule has 8 nitrogen and oxygen atoms in total. The monoisotopic (exact) mass is 606 g/mol. The first kappa shape index (κ1) is 25.4. The molecule has 0 amide bonds. The van der Waals surface area contributed by atoms with Gasteiger partial charge in [0.2, 0.25) is 6.79 Å². The quantitative estimate of drug-likeness (QED) is 0.301. The average molecular weight is 607 g/mol. The number of nitrogens with zero attached hydrogens (tertiary/aromatic N) is 2. The van der Waals surface area contributed by atoms with Crippen LogP contribution in [0.1, 0.15) is 36.8 Å². The summed E-state index contributed by atoms with van der Waals surface area (Å²) < 4.78 is 25.4. The molecule has 2 aliphatic heterocycles. The molecule has 2 aliphatic rings. The topological polar surface area (TPSA) is 92.3 Å². The van der Waals surface area contributed by atoms with Crippen LogP contribution in [0.3, 0.4) is 0 Å². The first-order valence-corrected chi connectivity index (χ1v) is 13.9. The zero-order chi connectivity index (χ0) is 27.3. The number of thiazole rings is 1. The molecule has 0 unspecified atom stereocenters. The fraction of sp³-hybridized carbons (Fsp3) is 0.207. The Bertz CT molecular complexity index is 1850. The lowest BCUT2D eigenvalue weighted by Gasteiger charge is -2.24. The molecule has 1 atom stereocenters. The zero-order valence-corrected chi connectivity index (χ0v) is 23.7. The van der Waals surface area contributed by atoms with E-state index in [-0.39, 0.29) is 19.0 Å². The maximum atomic E-state index is 13.8. The van der Waals surface area contributed by atoms with Gasteiger partial charge in [-0.15, -0.1) is 0 Å². The lowest BCUT2D eigenvalue weighted by atomic mass is 9.95. The van der Waals surface area contributed by atoms with Gasteiger partial charge in [-0.3, -0.25) is 9.36 Å². The first-order valence-electron chi connectivity index (χ1n) is 12.3. The lowest BCUT2D eigenvalue weighted by Crippen LogP contribution is -2.39. The van der Waals surface area contributed by atoms with Crippen LogP contribution in [0, 0.1) is 6.92 Å². The van der Waals surface area contributed by atoms with Gasteiger partial charge in [0.1, 0.15) is 11.5 Å². The van der Waals surface area contributed by atoms with E-state index in [2.05, 4.69) is 20.9 Å². The number of fused-ring (bicyclic) bond motifs is 2. The standard InChI is InChI=1S/C29H23BrN2O6S/c1-4-35-28(34)25-16(3)31-29-32(26(25)17-6-9-22-23(12-17)37-14-36-22)27(33)24(39-29)13-18-7-10-21(38-18)19-8-5-15(2)11-20(19)30/h5-13,26H,4,14H2,1-3H3/b24-13+/t26-/m0/s1. The minimum atomic E-state index is -0.743. The molecule has 0 bridgehead atoms. The Labute approximate surface area is 235 Å². The minimum Gasteiger partial charge on any atom is -0.463 e. The molecule has 198 valence electrons. The summed E-state index contributed by atoms with van der Waals surface area (Å²) in [4.78, 5) is 32.0. The third-order valence-electron chi connectivity index (χ3n) is 6.52. The number of hydrogen-bond acceptors (Lipinski definition) is 8. The zero-order valence-electron chi connectivity index (χ0n) is 21.3. The maximum Gasteiger partial charge on any atom is 0.338 e. The van der Waals surface area contributed by atoms with Crippen molar-refractivity contribution in [2.45, 2.75) is 26.8 Å². The summed E-state index contributed by atoms with van der Waals surface area (Å²) in [5.41, 5.74) is 3.25.